The molecule has 3 aromatic rings. The topological polar surface area (TPSA) is 39.2 Å². The van der Waals surface area contributed by atoms with Gasteiger partial charge in [0.25, 0.3) is 0 Å². The van der Waals surface area contributed by atoms with Crippen LogP contribution in [0, 0.1) is 13.8 Å². The van der Waals surface area contributed by atoms with Crippen molar-refractivity contribution >= 4 is 27.5 Å². The lowest BCUT2D eigenvalue weighted by atomic mass is 10.1. The van der Waals surface area contributed by atoms with Gasteiger partial charge in [0.05, 0.1) is 15.8 Å². The number of aromatic nitrogens is 1. The van der Waals surface area contributed by atoms with Crippen molar-refractivity contribution in [1.29, 1.82) is 0 Å². The summed E-state index contributed by atoms with van der Waals surface area (Å²) in [5.41, 5.74) is 4.10. The molecule has 1 heterocycles. The molecule has 0 unspecified atom stereocenters. The van der Waals surface area contributed by atoms with Gasteiger partial charge in [0.1, 0.15) is 10.8 Å². The molecule has 0 saturated carbocycles. The molecule has 0 fully saturated rings. The zero-order chi connectivity index (χ0) is 15.0. The Bertz CT molecular complexity index is 836. The number of carbonyl (C=O) groups is 1. The number of ether oxygens (including phenoxy) is 1. The van der Waals surface area contributed by atoms with E-state index in [4.69, 9.17) is 9.72 Å². The molecular weight excluding hydrogens is 282 g/mol. The number of thiazole rings is 1. The normalized spacial score (nSPS) is 10.8. The summed E-state index contributed by atoms with van der Waals surface area (Å²) < 4.78 is 6.46. The van der Waals surface area contributed by atoms with Crippen LogP contribution in [0.4, 0.5) is 0 Å². The van der Waals surface area contributed by atoms with E-state index in [1.165, 1.54) is 12.5 Å². The summed E-state index contributed by atoms with van der Waals surface area (Å²) in [6, 6.07) is 11.9. The van der Waals surface area contributed by atoms with Crippen LogP contribution >= 0.6 is 11.3 Å². The van der Waals surface area contributed by atoms with Crippen LogP contribution in [0.5, 0.6) is 5.75 Å². The molecule has 3 nitrogen and oxygen atoms in total. The molecule has 0 amide bonds. The van der Waals surface area contributed by atoms with E-state index >= 15 is 0 Å². The van der Waals surface area contributed by atoms with E-state index in [2.05, 4.69) is 25.1 Å². The maximum atomic E-state index is 11.3. The van der Waals surface area contributed by atoms with E-state index in [0.29, 0.717) is 5.75 Å². The van der Waals surface area contributed by atoms with Crippen LogP contribution in [-0.2, 0) is 4.79 Å². The number of benzene rings is 2. The fraction of sp³-hybridized carbons (Fsp3) is 0.176. The van der Waals surface area contributed by atoms with Gasteiger partial charge in [-0.2, -0.15) is 0 Å². The number of hydrogen-bond donors (Lipinski definition) is 0. The molecule has 0 aliphatic carbocycles. The summed E-state index contributed by atoms with van der Waals surface area (Å²) in [5, 5.41) is 0.880. The molecule has 4 heteroatoms. The van der Waals surface area contributed by atoms with Gasteiger partial charge in [0.2, 0.25) is 0 Å². The van der Waals surface area contributed by atoms with Crippen molar-refractivity contribution in [1.82, 2.24) is 4.98 Å². The summed E-state index contributed by atoms with van der Waals surface area (Å²) >= 11 is 1.61. The summed E-state index contributed by atoms with van der Waals surface area (Å²) in [5.74, 6) is 0.247. The van der Waals surface area contributed by atoms with Crippen LogP contribution < -0.4 is 4.74 Å². The number of nitrogens with zero attached hydrogens (tertiary/aromatic N) is 1. The fourth-order valence-corrected chi connectivity index (χ4v) is 3.36. The third-order valence-corrected chi connectivity index (χ3v) is 4.30. The summed E-state index contributed by atoms with van der Waals surface area (Å²) in [6.45, 7) is 5.46. The first-order valence-electron chi connectivity index (χ1n) is 6.70. The molecule has 106 valence electrons. The maximum absolute atomic E-state index is 11.3. The van der Waals surface area contributed by atoms with Gasteiger partial charge in [-0.25, -0.2) is 4.98 Å². The standard InChI is InChI=1S/C17H15NO2S/c1-10-7-8-15-13(9-10)18-17(21-15)16-11(2)5-4-6-14(16)20-12(3)19/h4-9H,1-3H3. The van der Waals surface area contributed by atoms with Crippen LogP contribution in [0.1, 0.15) is 18.1 Å². The molecule has 0 radical (unpaired) electrons. The average Bonchev–Trinajstić information content (AvgIpc) is 2.80. The first-order valence-corrected chi connectivity index (χ1v) is 7.52. The predicted molar refractivity (Wildman–Crippen MR) is 85.8 cm³/mol. The molecule has 2 aromatic carbocycles. The smallest absolute Gasteiger partial charge is 0.308 e. The van der Waals surface area contributed by atoms with Crippen molar-refractivity contribution in [2.24, 2.45) is 0 Å². The number of aryl methyl sites for hydroxylation is 2. The third kappa shape index (κ3) is 2.67. The average molecular weight is 297 g/mol. The molecule has 0 atom stereocenters. The van der Waals surface area contributed by atoms with Gasteiger partial charge in [0, 0.05) is 6.92 Å². The van der Waals surface area contributed by atoms with Crippen molar-refractivity contribution in [2.75, 3.05) is 0 Å². The van der Waals surface area contributed by atoms with Crippen molar-refractivity contribution in [3.05, 3.63) is 47.5 Å². The van der Waals surface area contributed by atoms with Crippen molar-refractivity contribution in [2.45, 2.75) is 20.8 Å². The van der Waals surface area contributed by atoms with E-state index < -0.39 is 0 Å². The van der Waals surface area contributed by atoms with E-state index in [-0.39, 0.29) is 5.97 Å². The number of fused-ring (bicyclic) bond motifs is 1. The van der Waals surface area contributed by atoms with Crippen LogP contribution in [0.25, 0.3) is 20.8 Å². The van der Waals surface area contributed by atoms with E-state index in [1.54, 1.807) is 17.4 Å². The molecule has 3 rings (SSSR count). The second-order valence-corrected chi connectivity index (χ2v) is 6.06. The predicted octanol–water partition coefficient (Wildman–Crippen LogP) is 4.51. The van der Waals surface area contributed by atoms with E-state index in [1.807, 2.05) is 19.1 Å². The second-order valence-electron chi connectivity index (χ2n) is 5.03. The van der Waals surface area contributed by atoms with Crippen molar-refractivity contribution < 1.29 is 9.53 Å². The quantitative estimate of drug-likeness (QED) is 0.516. The summed E-state index contributed by atoms with van der Waals surface area (Å²) in [7, 11) is 0. The molecule has 0 aliphatic heterocycles. The summed E-state index contributed by atoms with van der Waals surface area (Å²) in [6.07, 6.45) is 0. The lowest BCUT2D eigenvalue weighted by Gasteiger charge is -2.09. The van der Waals surface area contributed by atoms with Gasteiger partial charge in [-0.05, 0) is 43.2 Å². The van der Waals surface area contributed by atoms with Gasteiger partial charge in [-0.1, -0.05) is 18.2 Å². The van der Waals surface area contributed by atoms with Gasteiger partial charge < -0.3 is 4.74 Å². The van der Waals surface area contributed by atoms with Crippen LogP contribution in [0.3, 0.4) is 0 Å². The Hall–Kier alpha value is -2.20. The van der Waals surface area contributed by atoms with Crippen molar-refractivity contribution in [3.8, 4) is 16.3 Å². The minimum atomic E-state index is -0.321. The summed E-state index contributed by atoms with van der Waals surface area (Å²) in [4.78, 5) is 16.0. The van der Waals surface area contributed by atoms with Crippen molar-refractivity contribution in [3.63, 3.8) is 0 Å². The highest BCUT2D eigenvalue weighted by Crippen LogP contribution is 2.38. The highest BCUT2D eigenvalue weighted by Gasteiger charge is 2.15. The number of carbonyl (C=O) groups excluding carboxylic acids is 1. The first-order chi connectivity index (χ1) is 10.0. The van der Waals surface area contributed by atoms with Gasteiger partial charge in [0.15, 0.2) is 0 Å². The fourth-order valence-electron chi connectivity index (χ4n) is 2.30. The lowest BCUT2D eigenvalue weighted by Crippen LogP contribution is -2.03. The highest BCUT2D eigenvalue weighted by molar-refractivity contribution is 7.21. The van der Waals surface area contributed by atoms with E-state index in [0.717, 1.165) is 26.4 Å². The zero-order valence-corrected chi connectivity index (χ0v) is 13.0. The minimum absolute atomic E-state index is 0.321. The lowest BCUT2D eigenvalue weighted by molar-refractivity contribution is -0.131. The largest absolute Gasteiger partial charge is 0.426 e. The van der Waals surface area contributed by atoms with Crippen LogP contribution in [0.15, 0.2) is 36.4 Å². The molecule has 0 saturated heterocycles. The number of esters is 1. The molecule has 0 spiro atoms. The number of rotatable bonds is 2. The Kier molecular flexibility index (Phi) is 3.47. The van der Waals surface area contributed by atoms with Crippen LogP contribution in [-0.4, -0.2) is 11.0 Å². The molecule has 21 heavy (non-hydrogen) atoms. The molecule has 0 aliphatic rings. The molecular formula is C17H15NO2S. The Labute approximate surface area is 127 Å². The Morgan fingerprint density at radius 1 is 1.19 bits per heavy atom. The Morgan fingerprint density at radius 3 is 2.76 bits per heavy atom. The van der Waals surface area contributed by atoms with E-state index in [9.17, 15) is 4.79 Å². The monoisotopic (exact) mass is 297 g/mol. The zero-order valence-electron chi connectivity index (χ0n) is 12.1. The molecule has 1 aromatic heterocycles. The third-order valence-electron chi connectivity index (χ3n) is 3.25. The van der Waals surface area contributed by atoms with Gasteiger partial charge >= 0.3 is 5.97 Å². The SMILES string of the molecule is CC(=O)Oc1cccc(C)c1-c1nc2cc(C)ccc2s1. The minimum Gasteiger partial charge on any atom is -0.426 e. The molecule has 0 N–H and O–H groups in total. The Morgan fingerprint density at radius 2 is 2.00 bits per heavy atom. The number of hydrogen-bond acceptors (Lipinski definition) is 4. The highest BCUT2D eigenvalue weighted by atomic mass is 32.1. The Balaban J connectivity index is 2.19. The van der Waals surface area contributed by atoms with Gasteiger partial charge in [-0.15, -0.1) is 11.3 Å². The maximum Gasteiger partial charge on any atom is 0.308 e. The second kappa shape index (κ2) is 5.30. The van der Waals surface area contributed by atoms with Gasteiger partial charge in [-0.3, -0.25) is 4.79 Å². The van der Waals surface area contributed by atoms with Crippen LogP contribution in [0.2, 0.25) is 0 Å². The molecule has 0 bridgehead atoms. The first kappa shape index (κ1) is 13.8.